The molecule has 0 fully saturated rings. The molecule has 0 aliphatic carbocycles. The molecule has 2 aromatic rings. The van der Waals surface area contributed by atoms with Gasteiger partial charge in [-0.1, -0.05) is 35.9 Å². The summed E-state index contributed by atoms with van der Waals surface area (Å²) in [6.45, 7) is 0. The van der Waals surface area contributed by atoms with Crippen molar-refractivity contribution in [3.05, 3.63) is 70.2 Å². The highest BCUT2D eigenvalue weighted by Gasteiger charge is 2.07. The van der Waals surface area contributed by atoms with Gasteiger partial charge in [0.25, 0.3) is 0 Å². The van der Waals surface area contributed by atoms with Crippen molar-refractivity contribution in [2.45, 2.75) is 6.42 Å². The van der Waals surface area contributed by atoms with Crippen molar-refractivity contribution in [2.24, 2.45) is 0 Å². The molecule has 0 N–H and O–H groups in total. The fourth-order valence-corrected chi connectivity index (χ4v) is 1.91. The van der Waals surface area contributed by atoms with E-state index in [4.69, 9.17) is 16.9 Å². The number of carbonyl (C=O) groups excluding carboxylic acids is 1. The number of nitrogens with zero attached hydrogens (tertiary/aromatic N) is 1. The third kappa shape index (κ3) is 2.97. The maximum absolute atomic E-state index is 12.0. The second-order valence-corrected chi connectivity index (χ2v) is 4.36. The van der Waals surface area contributed by atoms with E-state index in [2.05, 4.69) is 0 Å². The molecule has 0 heterocycles. The van der Waals surface area contributed by atoms with Crippen LogP contribution in [0.5, 0.6) is 0 Å². The van der Waals surface area contributed by atoms with Crippen LogP contribution >= 0.6 is 11.6 Å². The molecule has 0 saturated carbocycles. The van der Waals surface area contributed by atoms with Crippen molar-refractivity contribution >= 4 is 17.4 Å². The lowest BCUT2D eigenvalue weighted by Crippen LogP contribution is -2.03. The number of benzene rings is 2. The molecular formula is C15H10ClNO. The molecule has 2 rings (SSSR count). The summed E-state index contributed by atoms with van der Waals surface area (Å²) in [5.74, 6) is -0.0191. The predicted octanol–water partition coefficient (Wildman–Crippen LogP) is 3.64. The van der Waals surface area contributed by atoms with Crippen LogP contribution in [-0.4, -0.2) is 5.78 Å². The van der Waals surface area contributed by atoms with Gasteiger partial charge in [0.1, 0.15) is 0 Å². The molecular weight excluding hydrogens is 246 g/mol. The van der Waals surface area contributed by atoms with Crippen LogP contribution in [-0.2, 0) is 6.42 Å². The Morgan fingerprint density at radius 1 is 1.17 bits per heavy atom. The van der Waals surface area contributed by atoms with Gasteiger partial charge in [0.2, 0.25) is 0 Å². The summed E-state index contributed by atoms with van der Waals surface area (Å²) in [5.41, 5.74) is 1.91. The molecule has 0 atom stereocenters. The predicted molar refractivity (Wildman–Crippen MR) is 70.6 cm³/mol. The summed E-state index contributed by atoms with van der Waals surface area (Å²) >= 11 is 5.87. The summed E-state index contributed by atoms with van der Waals surface area (Å²) in [6.07, 6.45) is 0.287. The molecule has 0 amide bonds. The van der Waals surface area contributed by atoms with Gasteiger partial charge in [0.05, 0.1) is 11.6 Å². The molecule has 0 aliphatic heterocycles. The van der Waals surface area contributed by atoms with E-state index in [-0.39, 0.29) is 12.2 Å². The largest absolute Gasteiger partial charge is 0.294 e. The second kappa shape index (κ2) is 5.48. The van der Waals surface area contributed by atoms with E-state index in [0.29, 0.717) is 16.1 Å². The lowest BCUT2D eigenvalue weighted by atomic mass is 10.0. The maximum Gasteiger partial charge on any atom is 0.167 e. The van der Waals surface area contributed by atoms with E-state index in [9.17, 15) is 4.79 Å². The highest BCUT2D eigenvalue weighted by molar-refractivity contribution is 6.30. The Balaban J connectivity index is 2.20. The van der Waals surface area contributed by atoms with E-state index >= 15 is 0 Å². The van der Waals surface area contributed by atoms with E-state index in [1.807, 2.05) is 18.2 Å². The number of carbonyl (C=O) groups is 1. The zero-order chi connectivity index (χ0) is 13.0. The third-order valence-electron chi connectivity index (χ3n) is 2.57. The number of hydrogen-bond donors (Lipinski definition) is 0. The molecule has 18 heavy (non-hydrogen) atoms. The molecule has 0 spiro atoms. The maximum atomic E-state index is 12.0. The van der Waals surface area contributed by atoms with Crippen molar-refractivity contribution < 1.29 is 4.79 Å². The number of nitriles is 1. The Kier molecular flexibility index (Phi) is 3.76. The molecule has 0 radical (unpaired) electrons. The van der Waals surface area contributed by atoms with Gasteiger partial charge >= 0.3 is 0 Å². The fourth-order valence-electron chi connectivity index (χ4n) is 1.70. The Bertz CT molecular complexity index is 628. The van der Waals surface area contributed by atoms with Gasteiger partial charge in [-0.05, 0) is 29.8 Å². The van der Waals surface area contributed by atoms with E-state index in [1.165, 1.54) is 0 Å². The number of ketones is 1. The summed E-state index contributed by atoms with van der Waals surface area (Å²) < 4.78 is 0. The van der Waals surface area contributed by atoms with Crippen LogP contribution in [0.3, 0.4) is 0 Å². The minimum Gasteiger partial charge on any atom is -0.294 e. The van der Waals surface area contributed by atoms with Crippen LogP contribution in [0.4, 0.5) is 0 Å². The van der Waals surface area contributed by atoms with Crippen LogP contribution in [0.15, 0.2) is 48.5 Å². The van der Waals surface area contributed by atoms with Crippen LogP contribution in [0.25, 0.3) is 0 Å². The zero-order valence-corrected chi connectivity index (χ0v) is 10.3. The smallest absolute Gasteiger partial charge is 0.167 e. The standard InChI is InChI=1S/C15H10ClNO/c16-14-6-2-3-11(8-14)9-15(18)13-5-1-4-12(7-13)10-17/h1-8H,9H2. The SMILES string of the molecule is N#Cc1cccc(C(=O)Cc2cccc(Cl)c2)c1. The first-order chi connectivity index (χ1) is 8.69. The monoisotopic (exact) mass is 255 g/mol. The molecule has 88 valence electrons. The lowest BCUT2D eigenvalue weighted by Gasteiger charge is -2.02. The van der Waals surface area contributed by atoms with Crippen LogP contribution in [0.2, 0.25) is 5.02 Å². The normalized spacial score (nSPS) is 9.78. The molecule has 0 aliphatic rings. The van der Waals surface area contributed by atoms with Crippen molar-refractivity contribution in [3.63, 3.8) is 0 Å². The Labute approximate surface area is 110 Å². The number of Topliss-reactive ketones (excluding diaryl/α,β-unsaturated/α-hetero) is 1. The molecule has 0 aromatic heterocycles. The first kappa shape index (κ1) is 12.3. The molecule has 0 bridgehead atoms. The number of hydrogen-bond acceptors (Lipinski definition) is 2. The average Bonchev–Trinajstić information content (AvgIpc) is 2.39. The first-order valence-electron chi connectivity index (χ1n) is 5.47. The van der Waals surface area contributed by atoms with Crippen molar-refractivity contribution in [1.82, 2.24) is 0 Å². The fraction of sp³-hybridized carbons (Fsp3) is 0.0667. The quantitative estimate of drug-likeness (QED) is 0.786. The molecule has 0 saturated heterocycles. The molecule has 2 aromatic carbocycles. The summed E-state index contributed by atoms with van der Waals surface area (Å²) in [4.78, 5) is 12.0. The van der Waals surface area contributed by atoms with Gasteiger partial charge in [0.15, 0.2) is 5.78 Å². The highest BCUT2D eigenvalue weighted by Crippen LogP contribution is 2.14. The highest BCUT2D eigenvalue weighted by atomic mass is 35.5. The van der Waals surface area contributed by atoms with Crippen molar-refractivity contribution in [1.29, 1.82) is 5.26 Å². The van der Waals surface area contributed by atoms with Crippen LogP contribution < -0.4 is 0 Å². The third-order valence-corrected chi connectivity index (χ3v) is 2.80. The van der Waals surface area contributed by atoms with Crippen molar-refractivity contribution in [3.8, 4) is 6.07 Å². The van der Waals surface area contributed by atoms with Gasteiger partial charge in [-0.25, -0.2) is 0 Å². The minimum absolute atomic E-state index is 0.0191. The van der Waals surface area contributed by atoms with Gasteiger partial charge < -0.3 is 0 Å². The second-order valence-electron chi connectivity index (χ2n) is 3.92. The van der Waals surface area contributed by atoms with E-state index < -0.39 is 0 Å². The van der Waals surface area contributed by atoms with Gasteiger partial charge in [0, 0.05) is 17.0 Å². The van der Waals surface area contributed by atoms with E-state index in [1.54, 1.807) is 36.4 Å². The number of rotatable bonds is 3. The zero-order valence-electron chi connectivity index (χ0n) is 9.56. The van der Waals surface area contributed by atoms with Gasteiger partial charge in [-0.3, -0.25) is 4.79 Å². The Morgan fingerprint density at radius 3 is 2.67 bits per heavy atom. The van der Waals surface area contributed by atoms with Crippen LogP contribution in [0.1, 0.15) is 21.5 Å². The van der Waals surface area contributed by atoms with Gasteiger partial charge in [-0.2, -0.15) is 5.26 Å². The molecule has 2 nitrogen and oxygen atoms in total. The summed E-state index contributed by atoms with van der Waals surface area (Å²) in [6, 6.07) is 15.9. The van der Waals surface area contributed by atoms with Crippen molar-refractivity contribution in [2.75, 3.05) is 0 Å². The molecule has 0 unspecified atom stereocenters. The summed E-state index contributed by atoms with van der Waals surface area (Å²) in [5, 5.41) is 9.41. The van der Waals surface area contributed by atoms with Gasteiger partial charge in [-0.15, -0.1) is 0 Å². The van der Waals surface area contributed by atoms with Crippen LogP contribution in [0, 0.1) is 11.3 Å². The first-order valence-corrected chi connectivity index (χ1v) is 5.84. The minimum atomic E-state index is -0.0191. The average molecular weight is 256 g/mol. The summed E-state index contributed by atoms with van der Waals surface area (Å²) in [7, 11) is 0. The lowest BCUT2D eigenvalue weighted by molar-refractivity contribution is 0.0993. The Morgan fingerprint density at radius 2 is 1.94 bits per heavy atom. The number of halogens is 1. The molecule has 3 heteroatoms. The Hall–Kier alpha value is -2.11. The topological polar surface area (TPSA) is 40.9 Å². The van der Waals surface area contributed by atoms with E-state index in [0.717, 1.165) is 5.56 Å².